The van der Waals surface area contributed by atoms with Crippen molar-refractivity contribution in [1.82, 2.24) is 15.6 Å². The van der Waals surface area contributed by atoms with E-state index in [0.717, 1.165) is 20.1 Å². The van der Waals surface area contributed by atoms with Crippen LogP contribution in [-0.2, 0) is 4.79 Å². The van der Waals surface area contributed by atoms with E-state index >= 15 is 0 Å². The van der Waals surface area contributed by atoms with Crippen molar-refractivity contribution in [1.29, 1.82) is 0 Å². The summed E-state index contributed by atoms with van der Waals surface area (Å²) in [6.45, 7) is 2.24. The molecule has 5 nitrogen and oxygen atoms in total. The summed E-state index contributed by atoms with van der Waals surface area (Å²) in [5, 5.41) is 4.99. The first kappa shape index (κ1) is 18.7. The van der Waals surface area contributed by atoms with Crippen LogP contribution in [0.5, 0.6) is 0 Å². The highest BCUT2D eigenvalue weighted by atomic mass is 35.5. The topological polar surface area (TPSA) is 71.1 Å². The van der Waals surface area contributed by atoms with Crippen molar-refractivity contribution < 1.29 is 9.59 Å². The van der Waals surface area contributed by atoms with Crippen LogP contribution in [0, 0.1) is 0 Å². The molecule has 0 unspecified atom stereocenters. The number of nitrogens with one attached hydrogen (secondary N) is 2. The van der Waals surface area contributed by atoms with Crippen molar-refractivity contribution in [3.8, 4) is 0 Å². The van der Waals surface area contributed by atoms with Gasteiger partial charge in [-0.1, -0.05) is 53.7 Å². The average Bonchev–Trinajstić information content (AvgIpc) is 3.02. The van der Waals surface area contributed by atoms with Crippen molar-refractivity contribution in [2.75, 3.05) is 6.54 Å². The van der Waals surface area contributed by atoms with Gasteiger partial charge >= 0.3 is 6.03 Å². The van der Waals surface area contributed by atoms with Gasteiger partial charge in [-0.05, 0) is 30.7 Å². The molecule has 0 saturated carbocycles. The Bertz CT molecular complexity index is 931. The standard InChI is InChI=1S/C18H16ClN3O2S2/c1-2-20-17(24)22-16(23)15(11-6-4-3-5-7-11)26-18-21-13-10-12(19)8-9-14(13)25-18/h3-10,15H,2H2,1H3,(H2,20,22,23,24)/t15-/m1/s1. The number of hydrogen-bond acceptors (Lipinski definition) is 5. The average molecular weight is 406 g/mol. The van der Waals surface area contributed by atoms with Gasteiger partial charge in [-0.2, -0.15) is 0 Å². The van der Waals surface area contributed by atoms with Gasteiger partial charge < -0.3 is 5.32 Å². The monoisotopic (exact) mass is 405 g/mol. The van der Waals surface area contributed by atoms with Crippen LogP contribution in [-0.4, -0.2) is 23.5 Å². The second kappa shape index (κ2) is 8.53. The Balaban J connectivity index is 1.87. The van der Waals surface area contributed by atoms with Gasteiger partial charge in [-0.15, -0.1) is 11.3 Å². The van der Waals surface area contributed by atoms with Gasteiger partial charge in [0.2, 0.25) is 5.91 Å². The second-order valence-corrected chi connectivity index (χ2v) is 8.17. The molecule has 0 fully saturated rings. The van der Waals surface area contributed by atoms with Crippen LogP contribution in [0.1, 0.15) is 17.7 Å². The molecule has 1 heterocycles. The van der Waals surface area contributed by atoms with Crippen LogP contribution in [0.25, 0.3) is 10.2 Å². The molecule has 0 aliphatic rings. The number of carbonyl (C=O) groups excluding carboxylic acids is 2. The zero-order chi connectivity index (χ0) is 18.5. The first-order valence-corrected chi connectivity index (χ1v) is 10.0. The van der Waals surface area contributed by atoms with Gasteiger partial charge in [0.25, 0.3) is 0 Å². The third-order valence-corrected chi connectivity index (χ3v) is 6.08. The highest BCUT2D eigenvalue weighted by Crippen LogP contribution is 2.39. The molecule has 0 radical (unpaired) electrons. The minimum atomic E-state index is -0.588. The zero-order valence-electron chi connectivity index (χ0n) is 13.9. The fraction of sp³-hybridized carbons (Fsp3) is 0.167. The number of nitrogens with zero attached hydrogens (tertiary/aromatic N) is 1. The summed E-state index contributed by atoms with van der Waals surface area (Å²) >= 11 is 8.82. The van der Waals surface area contributed by atoms with E-state index in [9.17, 15) is 9.59 Å². The molecule has 0 saturated heterocycles. The number of imide groups is 1. The zero-order valence-corrected chi connectivity index (χ0v) is 16.3. The Kier molecular flexibility index (Phi) is 6.13. The van der Waals surface area contributed by atoms with Crippen molar-refractivity contribution in [3.05, 3.63) is 59.1 Å². The summed E-state index contributed by atoms with van der Waals surface area (Å²) in [4.78, 5) is 29.0. The number of benzene rings is 2. The first-order valence-electron chi connectivity index (χ1n) is 7.93. The van der Waals surface area contributed by atoms with Crippen molar-refractivity contribution in [3.63, 3.8) is 0 Å². The number of hydrogen-bond donors (Lipinski definition) is 2. The maximum absolute atomic E-state index is 12.7. The molecule has 134 valence electrons. The number of carbonyl (C=O) groups is 2. The Labute approximate surface area is 164 Å². The fourth-order valence-corrected chi connectivity index (χ4v) is 4.72. The summed E-state index contributed by atoms with van der Waals surface area (Å²) in [6, 6.07) is 14.3. The molecule has 1 aromatic heterocycles. The number of rotatable bonds is 5. The Morgan fingerprint density at radius 2 is 2.00 bits per heavy atom. The minimum absolute atomic E-state index is 0.385. The van der Waals surface area contributed by atoms with E-state index in [4.69, 9.17) is 11.6 Å². The Morgan fingerprint density at radius 3 is 2.73 bits per heavy atom. The van der Waals surface area contributed by atoms with Gasteiger partial charge in [-0.25, -0.2) is 9.78 Å². The van der Waals surface area contributed by atoms with E-state index in [1.54, 1.807) is 13.0 Å². The van der Waals surface area contributed by atoms with Gasteiger partial charge in [0.1, 0.15) is 5.25 Å². The normalized spacial score (nSPS) is 11.9. The Hall–Kier alpha value is -2.09. The molecule has 2 aromatic carbocycles. The molecule has 3 amide bonds. The third-order valence-electron chi connectivity index (χ3n) is 3.46. The number of fused-ring (bicyclic) bond motifs is 1. The predicted molar refractivity (Wildman–Crippen MR) is 107 cm³/mol. The summed E-state index contributed by atoms with van der Waals surface area (Å²) in [6.07, 6.45) is 0. The molecule has 0 bridgehead atoms. The van der Waals surface area contributed by atoms with Crippen LogP contribution in [0.2, 0.25) is 5.02 Å². The molecule has 1 atom stereocenters. The lowest BCUT2D eigenvalue weighted by Crippen LogP contribution is -2.41. The second-order valence-electron chi connectivity index (χ2n) is 5.35. The van der Waals surface area contributed by atoms with Gasteiger partial charge in [0, 0.05) is 11.6 Å². The molecule has 3 rings (SSSR count). The molecule has 26 heavy (non-hydrogen) atoms. The van der Waals surface area contributed by atoms with Crippen LogP contribution < -0.4 is 10.6 Å². The number of halogens is 1. The summed E-state index contributed by atoms with van der Waals surface area (Å²) < 4.78 is 1.73. The Morgan fingerprint density at radius 1 is 1.23 bits per heavy atom. The molecule has 0 aliphatic heterocycles. The van der Waals surface area contributed by atoms with Crippen LogP contribution in [0.15, 0.2) is 52.9 Å². The highest BCUT2D eigenvalue weighted by molar-refractivity contribution is 8.02. The molecule has 8 heteroatoms. The lowest BCUT2D eigenvalue weighted by atomic mass is 10.1. The fourth-order valence-electron chi connectivity index (χ4n) is 2.31. The van der Waals surface area contributed by atoms with Gasteiger partial charge in [-0.3, -0.25) is 10.1 Å². The number of thioether (sulfide) groups is 1. The summed E-state index contributed by atoms with van der Waals surface area (Å²) in [5.41, 5.74) is 1.59. The molecule has 0 aliphatic carbocycles. The summed E-state index contributed by atoms with van der Waals surface area (Å²) in [5.74, 6) is -0.385. The van der Waals surface area contributed by atoms with Crippen molar-refractivity contribution in [2.45, 2.75) is 16.5 Å². The van der Waals surface area contributed by atoms with Gasteiger partial charge in [0.05, 0.1) is 10.2 Å². The van der Waals surface area contributed by atoms with E-state index in [2.05, 4.69) is 15.6 Å². The predicted octanol–water partition coefficient (Wildman–Crippen LogP) is 4.63. The van der Waals surface area contributed by atoms with E-state index in [1.165, 1.54) is 23.1 Å². The minimum Gasteiger partial charge on any atom is -0.338 e. The molecule has 3 aromatic rings. The largest absolute Gasteiger partial charge is 0.338 e. The quantitative estimate of drug-likeness (QED) is 0.607. The van der Waals surface area contributed by atoms with Crippen LogP contribution in [0.4, 0.5) is 4.79 Å². The number of aromatic nitrogens is 1. The maximum Gasteiger partial charge on any atom is 0.321 e. The molecule has 0 spiro atoms. The van der Waals surface area contributed by atoms with Crippen LogP contribution >= 0.6 is 34.7 Å². The highest BCUT2D eigenvalue weighted by Gasteiger charge is 2.25. The van der Waals surface area contributed by atoms with E-state index in [-0.39, 0.29) is 5.91 Å². The molecule has 2 N–H and O–H groups in total. The summed E-state index contributed by atoms with van der Waals surface area (Å²) in [7, 11) is 0. The van der Waals surface area contributed by atoms with E-state index in [1.807, 2.05) is 42.5 Å². The smallest absolute Gasteiger partial charge is 0.321 e. The lowest BCUT2D eigenvalue weighted by Gasteiger charge is -2.15. The van der Waals surface area contributed by atoms with Crippen molar-refractivity contribution >= 4 is 56.9 Å². The SMILES string of the molecule is CCNC(=O)NC(=O)[C@H](Sc1nc2cc(Cl)ccc2s1)c1ccccc1. The van der Waals surface area contributed by atoms with E-state index in [0.29, 0.717) is 11.6 Å². The van der Waals surface area contributed by atoms with Gasteiger partial charge in [0.15, 0.2) is 4.34 Å². The number of thiazole rings is 1. The third kappa shape index (κ3) is 4.55. The number of urea groups is 1. The lowest BCUT2D eigenvalue weighted by molar-refractivity contribution is -0.119. The molecular weight excluding hydrogens is 390 g/mol. The number of amides is 3. The maximum atomic E-state index is 12.7. The van der Waals surface area contributed by atoms with Crippen LogP contribution in [0.3, 0.4) is 0 Å². The van der Waals surface area contributed by atoms with E-state index < -0.39 is 11.3 Å². The molecular formula is C18H16ClN3O2S2. The van der Waals surface area contributed by atoms with Crippen molar-refractivity contribution in [2.24, 2.45) is 0 Å². The first-order chi connectivity index (χ1) is 12.6.